The van der Waals surface area contributed by atoms with Crippen molar-refractivity contribution in [2.45, 2.75) is 12.8 Å². The van der Waals surface area contributed by atoms with Crippen LogP contribution >= 0.6 is 0 Å². The average molecular weight is 375 g/mol. The molecule has 0 unspecified atom stereocenters. The molecule has 4 nitrogen and oxygen atoms in total. The number of ether oxygens (including phenoxy) is 2. The number of aryl methyl sites for hydroxylation is 1. The lowest BCUT2D eigenvalue weighted by atomic mass is 9.91. The Kier molecular flexibility index (Phi) is 6.68. The molecule has 0 aliphatic rings. The highest BCUT2D eigenvalue weighted by Crippen LogP contribution is 2.27. The average Bonchev–Trinajstić information content (AvgIpc) is 2.74. The van der Waals surface area contributed by atoms with Crippen molar-refractivity contribution >= 4 is 5.91 Å². The number of amides is 1. The minimum Gasteiger partial charge on any atom is -0.493 e. The van der Waals surface area contributed by atoms with Gasteiger partial charge in [0.25, 0.3) is 5.91 Å². The molecule has 0 fully saturated rings. The van der Waals surface area contributed by atoms with Crippen LogP contribution in [0.15, 0.2) is 78.9 Å². The molecule has 0 spiro atoms. The largest absolute Gasteiger partial charge is 0.493 e. The van der Waals surface area contributed by atoms with E-state index in [0.717, 1.165) is 16.7 Å². The summed E-state index contributed by atoms with van der Waals surface area (Å²) in [4.78, 5) is 12.4. The van der Waals surface area contributed by atoms with E-state index in [1.807, 2.05) is 61.5 Å². The van der Waals surface area contributed by atoms with E-state index in [2.05, 4.69) is 29.6 Å². The molecule has 0 radical (unpaired) electrons. The molecule has 144 valence electrons. The fourth-order valence-corrected chi connectivity index (χ4v) is 3.10. The lowest BCUT2D eigenvalue weighted by molar-refractivity contribution is -0.123. The first-order valence-electron chi connectivity index (χ1n) is 9.31. The van der Waals surface area contributed by atoms with Crippen LogP contribution < -0.4 is 14.8 Å². The molecule has 4 heteroatoms. The number of carbonyl (C=O) groups excluding carboxylic acids is 1. The molecule has 0 aromatic heterocycles. The molecular weight excluding hydrogens is 350 g/mol. The van der Waals surface area contributed by atoms with E-state index in [1.54, 1.807) is 7.11 Å². The lowest BCUT2D eigenvalue weighted by Gasteiger charge is -2.19. The summed E-state index contributed by atoms with van der Waals surface area (Å²) in [6, 6.07) is 26.0. The summed E-state index contributed by atoms with van der Waals surface area (Å²) in [7, 11) is 1.59. The van der Waals surface area contributed by atoms with Crippen LogP contribution in [0.1, 0.15) is 22.6 Å². The van der Waals surface area contributed by atoms with Gasteiger partial charge in [0.2, 0.25) is 0 Å². The molecule has 0 bridgehead atoms. The molecule has 3 aromatic rings. The third kappa shape index (κ3) is 5.13. The van der Waals surface area contributed by atoms with Gasteiger partial charge in [0.05, 0.1) is 7.11 Å². The zero-order valence-electron chi connectivity index (χ0n) is 16.2. The molecule has 3 aromatic carbocycles. The number of hydrogen-bond acceptors (Lipinski definition) is 3. The van der Waals surface area contributed by atoms with Gasteiger partial charge in [-0.05, 0) is 35.7 Å². The van der Waals surface area contributed by atoms with Crippen LogP contribution in [0.3, 0.4) is 0 Å². The lowest BCUT2D eigenvalue weighted by Crippen LogP contribution is -2.32. The van der Waals surface area contributed by atoms with Gasteiger partial charge in [0.15, 0.2) is 18.1 Å². The Bertz CT molecular complexity index is 855. The zero-order chi connectivity index (χ0) is 19.8. The maximum Gasteiger partial charge on any atom is 0.257 e. The van der Waals surface area contributed by atoms with Gasteiger partial charge in [-0.2, -0.15) is 0 Å². The van der Waals surface area contributed by atoms with Crippen molar-refractivity contribution in [1.29, 1.82) is 0 Å². The van der Waals surface area contributed by atoms with E-state index in [-0.39, 0.29) is 18.4 Å². The Balaban J connectivity index is 1.63. The smallest absolute Gasteiger partial charge is 0.257 e. The zero-order valence-corrected chi connectivity index (χ0v) is 16.2. The van der Waals surface area contributed by atoms with Gasteiger partial charge >= 0.3 is 0 Å². The number of methoxy groups -OCH3 is 1. The summed E-state index contributed by atoms with van der Waals surface area (Å²) in [5, 5.41) is 2.99. The van der Waals surface area contributed by atoms with Gasteiger partial charge in [0, 0.05) is 12.5 Å². The Hall–Kier alpha value is -3.27. The van der Waals surface area contributed by atoms with E-state index in [0.29, 0.717) is 18.0 Å². The van der Waals surface area contributed by atoms with Crippen LogP contribution in [-0.4, -0.2) is 26.2 Å². The third-order valence-corrected chi connectivity index (χ3v) is 4.59. The summed E-state index contributed by atoms with van der Waals surface area (Å²) in [5.74, 6) is 1.10. The van der Waals surface area contributed by atoms with Crippen molar-refractivity contribution < 1.29 is 14.3 Å². The summed E-state index contributed by atoms with van der Waals surface area (Å²) in [5.41, 5.74) is 3.40. The van der Waals surface area contributed by atoms with Crippen LogP contribution in [0, 0.1) is 6.92 Å². The van der Waals surface area contributed by atoms with Crippen molar-refractivity contribution in [2.24, 2.45) is 0 Å². The van der Waals surface area contributed by atoms with E-state index in [4.69, 9.17) is 9.47 Å². The van der Waals surface area contributed by atoms with Gasteiger partial charge in [-0.1, -0.05) is 66.7 Å². The van der Waals surface area contributed by atoms with Crippen LogP contribution in [0.25, 0.3) is 0 Å². The Morgan fingerprint density at radius 3 is 2.07 bits per heavy atom. The third-order valence-electron chi connectivity index (χ3n) is 4.59. The second-order valence-electron chi connectivity index (χ2n) is 6.62. The van der Waals surface area contributed by atoms with Gasteiger partial charge in [0.1, 0.15) is 0 Å². The predicted octanol–water partition coefficient (Wildman–Crippen LogP) is 4.33. The SMILES string of the molecule is COc1cc(C)ccc1OCC(=O)NCC(c1ccccc1)c1ccccc1. The predicted molar refractivity (Wildman–Crippen MR) is 111 cm³/mol. The number of benzene rings is 3. The first-order valence-corrected chi connectivity index (χ1v) is 9.31. The molecule has 0 saturated carbocycles. The highest BCUT2D eigenvalue weighted by atomic mass is 16.5. The highest BCUT2D eigenvalue weighted by molar-refractivity contribution is 5.77. The number of carbonyl (C=O) groups is 1. The Morgan fingerprint density at radius 1 is 0.893 bits per heavy atom. The molecule has 28 heavy (non-hydrogen) atoms. The van der Waals surface area contributed by atoms with Crippen molar-refractivity contribution in [3.8, 4) is 11.5 Å². The van der Waals surface area contributed by atoms with Crippen LogP contribution in [0.2, 0.25) is 0 Å². The first kappa shape index (κ1) is 19.5. The number of hydrogen-bond donors (Lipinski definition) is 1. The summed E-state index contributed by atoms with van der Waals surface area (Å²) >= 11 is 0. The van der Waals surface area contributed by atoms with Crippen LogP contribution in [0.5, 0.6) is 11.5 Å². The van der Waals surface area contributed by atoms with Gasteiger partial charge in [-0.3, -0.25) is 4.79 Å². The van der Waals surface area contributed by atoms with Crippen molar-refractivity contribution in [2.75, 3.05) is 20.3 Å². The number of rotatable bonds is 8. The van der Waals surface area contributed by atoms with Gasteiger partial charge in [-0.25, -0.2) is 0 Å². The summed E-state index contributed by atoms with van der Waals surface area (Å²) in [6.07, 6.45) is 0. The molecule has 0 heterocycles. The molecular formula is C24H25NO3. The first-order chi connectivity index (χ1) is 13.7. The van der Waals surface area contributed by atoms with E-state index < -0.39 is 0 Å². The second-order valence-corrected chi connectivity index (χ2v) is 6.62. The van der Waals surface area contributed by atoms with Gasteiger partial charge < -0.3 is 14.8 Å². The summed E-state index contributed by atoms with van der Waals surface area (Å²) in [6.45, 7) is 2.42. The van der Waals surface area contributed by atoms with Crippen LogP contribution in [-0.2, 0) is 4.79 Å². The topological polar surface area (TPSA) is 47.6 Å². The maximum absolute atomic E-state index is 12.4. The van der Waals surface area contributed by atoms with E-state index in [1.165, 1.54) is 0 Å². The molecule has 0 atom stereocenters. The standard InChI is InChI=1S/C24H25NO3/c1-18-13-14-22(23(15-18)27-2)28-17-24(26)25-16-21(19-9-5-3-6-10-19)20-11-7-4-8-12-20/h3-15,21H,16-17H2,1-2H3,(H,25,26). The van der Waals surface area contributed by atoms with Crippen molar-refractivity contribution in [1.82, 2.24) is 5.32 Å². The van der Waals surface area contributed by atoms with Crippen molar-refractivity contribution in [3.63, 3.8) is 0 Å². The maximum atomic E-state index is 12.4. The Morgan fingerprint density at radius 2 is 1.50 bits per heavy atom. The minimum absolute atomic E-state index is 0.0598. The Labute approximate surface area is 166 Å². The van der Waals surface area contributed by atoms with Crippen molar-refractivity contribution in [3.05, 3.63) is 95.6 Å². The normalized spacial score (nSPS) is 10.5. The quantitative estimate of drug-likeness (QED) is 0.637. The summed E-state index contributed by atoms with van der Waals surface area (Å²) < 4.78 is 11.0. The van der Waals surface area contributed by atoms with E-state index in [9.17, 15) is 4.79 Å². The van der Waals surface area contributed by atoms with E-state index >= 15 is 0 Å². The second kappa shape index (κ2) is 9.60. The fraction of sp³-hybridized carbons (Fsp3) is 0.208. The monoisotopic (exact) mass is 375 g/mol. The molecule has 0 saturated heterocycles. The molecule has 0 aliphatic heterocycles. The fourth-order valence-electron chi connectivity index (χ4n) is 3.10. The highest BCUT2D eigenvalue weighted by Gasteiger charge is 2.15. The molecule has 3 rings (SSSR count). The molecule has 0 aliphatic carbocycles. The molecule has 1 amide bonds. The molecule has 1 N–H and O–H groups in total. The minimum atomic E-state index is -0.167. The van der Waals surface area contributed by atoms with Gasteiger partial charge in [-0.15, -0.1) is 0 Å². The number of nitrogens with one attached hydrogen (secondary N) is 1. The van der Waals surface area contributed by atoms with Crippen LogP contribution in [0.4, 0.5) is 0 Å².